The molecule has 4 nitrogen and oxygen atoms in total. The van der Waals surface area contributed by atoms with Gasteiger partial charge in [0, 0.05) is 9.86 Å². The van der Waals surface area contributed by atoms with Gasteiger partial charge in [0.1, 0.15) is 5.52 Å². The Bertz CT molecular complexity index is 841. The van der Waals surface area contributed by atoms with E-state index >= 15 is 0 Å². The number of H-pyrrole nitrogens is 2. The highest BCUT2D eigenvalue weighted by atomic mass is 79.9. The molecule has 6 heteroatoms. The topological polar surface area (TPSA) is 57.4 Å². The van der Waals surface area contributed by atoms with Crippen molar-refractivity contribution in [3.05, 3.63) is 26.9 Å². The molecule has 3 rings (SSSR count). The molecule has 2 aromatic heterocycles. The fourth-order valence-electron chi connectivity index (χ4n) is 2.08. The summed E-state index contributed by atoms with van der Waals surface area (Å²) >= 11 is 8.61. The van der Waals surface area contributed by atoms with Gasteiger partial charge < -0.3 is 4.98 Å². The number of hydrogen-bond acceptors (Lipinski definition) is 3. The minimum atomic E-state index is 0.0788. The Morgan fingerprint density at radius 2 is 2.00 bits per heavy atom. The number of nitrogens with one attached hydrogen (secondary N) is 2. The molecule has 3 aromatic rings. The summed E-state index contributed by atoms with van der Waals surface area (Å²) in [5.74, 6) is 0. The summed E-state index contributed by atoms with van der Waals surface area (Å²) < 4.78 is 1.40. The lowest BCUT2D eigenvalue weighted by Gasteiger charge is -2.19. The molecule has 2 N–H and O–H groups in total. The van der Waals surface area contributed by atoms with Crippen LogP contribution in [0.4, 0.5) is 0 Å². The third-order valence-electron chi connectivity index (χ3n) is 3.16. The first-order chi connectivity index (χ1) is 8.86. The Balaban J connectivity index is 2.46. The summed E-state index contributed by atoms with van der Waals surface area (Å²) in [4.78, 5) is 7.52. The second-order valence-electron chi connectivity index (χ2n) is 5.59. The number of aromatic amines is 2. The van der Waals surface area contributed by atoms with Crippen LogP contribution in [0.1, 0.15) is 26.3 Å². The lowest BCUT2D eigenvalue weighted by atomic mass is 9.86. The zero-order chi connectivity index (χ0) is 13.8. The number of nitrogens with zero attached hydrogens (tertiary/aromatic N) is 2. The molecule has 0 radical (unpaired) electrons. The summed E-state index contributed by atoms with van der Waals surface area (Å²) in [5.41, 5.74) is 3.85. The molecule has 0 aliphatic heterocycles. The predicted octanol–water partition coefficient (Wildman–Crippen LogP) is 4.23. The maximum Gasteiger partial charge on any atom is 0.215 e. The van der Waals surface area contributed by atoms with Crippen LogP contribution in [0, 0.1) is 4.77 Å². The second-order valence-corrected chi connectivity index (χ2v) is 6.83. The maximum absolute atomic E-state index is 5.00. The van der Waals surface area contributed by atoms with Gasteiger partial charge in [-0.25, -0.2) is 0 Å². The van der Waals surface area contributed by atoms with E-state index in [-0.39, 0.29) is 5.41 Å². The minimum Gasteiger partial charge on any atom is -0.337 e. The molecular weight excluding hydrogens is 324 g/mol. The Kier molecular flexibility index (Phi) is 2.76. The van der Waals surface area contributed by atoms with Gasteiger partial charge in [-0.15, -0.1) is 0 Å². The highest BCUT2D eigenvalue weighted by Crippen LogP contribution is 2.34. The van der Waals surface area contributed by atoms with Gasteiger partial charge in [0.15, 0.2) is 5.65 Å². The molecule has 0 saturated heterocycles. The summed E-state index contributed by atoms with van der Waals surface area (Å²) in [6, 6.07) is 4.29. The molecule has 0 fully saturated rings. The lowest BCUT2D eigenvalue weighted by Crippen LogP contribution is -2.10. The summed E-state index contributed by atoms with van der Waals surface area (Å²) in [6.07, 6.45) is 0. The van der Waals surface area contributed by atoms with Crippen LogP contribution in [-0.4, -0.2) is 20.2 Å². The van der Waals surface area contributed by atoms with Crippen LogP contribution in [0.3, 0.4) is 0 Å². The third kappa shape index (κ3) is 2.08. The van der Waals surface area contributed by atoms with E-state index in [0.29, 0.717) is 10.4 Å². The van der Waals surface area contributed by atoms with Crippen molar-refractivity contribution in [1.82, 2.24) is 20.2 Å². The summed E-state index contributed by atoms with van der Waals surface area (Å²) in [5, 5.41) is 8.09. The van der Waals surface area contributed by atoms with Gasteiger partial charge in [-0.3, -0.25) is 5.10 Å². The number of rotatable bonds is 0. The molecule has 0 amide bonds. The normalized spacial score (nSPS) is 12.4. The number of hydrogen-bond donors (Lipinski definition) is 2. The fraction of sp³-hybridized carbons (Fsp3) is 0.308. The third-order valence-corrected chi connectivity index (χ3v) is 3.96. The van der Waals surface area contributed by atoms with E-state index in [4.69, 9.17) is 12.2 Å². The van der Waals surface area contributed by atoms with Crippen molar-refractivity contribution < 1.29 is 0 Å². The van der Waals surface area contributed by atoms with Crippen molar-refractivity contribution in [1.29, 1.82) is 0 Å². The Hall–Kier alpha value is -1.27. The average Bonchev–Trinajstić information content (AvgIpc) is 2.66. The molecular formula is C13H13BrN4S. The molecule has 98 valence electrons. The molecule has 0 aliphatic rings. The van der Waals surface area contributed by atoms with Gasteiger partial charge in [0.2, 0.25) is 4.77 Å². The van der Waals surface area contributed by atoms with Gasteiger partial charge in [-0.05, 0) is 51.3 Å². The largest absolute Gasteiger partial charge is 0.337 e. The highest BCUT2D eigenvalue weighted by molar-refractivity contribution is 9.10. The Labute approximate surface area is 123 Å². The monoisotopic (exact) mass is 336 g/mol. The van der Waals surface area contributed by atoms with Crippen LogP contribution in [0.2, 0.25) is 0 Å². The Morgan fingerprint density at radius 1 is 1.26 bits per heavy atom. The van der Waals surface area contributed by atoms with E-state index in [1.54, 1.807) is 0 Å². The number of halogens is 1. The zero-order valence-corrected chi connectivity index (χ0v) is 13.2. The first-order valence-electron chi connectivity index (χ1n) is 5.94. The van der Waals surface area contributed by atoms with Gasteiger partial charge in [-0.2, -0.15) is 10.1 Å². The highest BCUT2D eigenvalue weighted by Gasteiger charge is 2.18. The number of benzene rings is 1. The Morgan fingerprint density at radius 3 is 2.68 bits per heavy atom. The van der Waals surface area contributed by atoms with Crippen LogP contribution in [-0.2, 0) is 5.41 Å². The first-order valence-corrected chi connectivity index (χ1v) is 7.14. The van der Waals surface area contributed by atoms with E-state index in [9.17, 15) is 0 Å². The molecule has 0 saturated carbocycles. The minimum absolute atomic E-state index is 0.0788. The van der Waals surface area contributed by atoms with Crippen molar-refractivity contribution >= 4 is 50.2 Å². The quantitative estimate of drug-likeness (QED) is 0.604. The van der Waals surface area contributed by atoms with Gasteiger partial charge in [0.05, 0.1) is 5.52 Å². The molecule has 19 heavy (non-hydrogen) atoms. The van der Waals surface area contributed by atoms with Crippen molar-refractivity contribution in [2.75, 3.05) is 0 Å². The van der Waals surface area contributed by atoms with Crippen molar-refractivity contribution in [3.63, 3.8) is 0 Å². The SMILES string of the molecule is CC(C)(C)c1cc(Br)c2[nH]c3nc(=S)[nH]nc3c2c1. The van der Waals surface area contributed by atoms with Crippen LogP contribution in [0.15, 0.2) is 16.6 Å². The molecule has 0 atom stereocenters. The molecule has 0 bridgehead atoms. The number of aromatic nitrogens is 4. The smallest absolute Gasteiger partial charge is 0.215 e. The average molecular weight is 337 g/mol. The second kappa shape index (κ2) is 4.11. The van der Waals surface area contributed by atoms with Crippen LogP contribution < -0.4 is 0 Å². The molecule has 1 aromatic carbocycles. The fourth-order valence-corrected chi connectivity index (χ4v) is 2.78. The lowest BCUT2D eigenvalue weighted by molar-refractivity contribution is 0.591. The van der Waals surface area contributed by atoms with Crippen LogP contribution in [0.25, 0.3) is 22.1 Å². The first kappa shape index (κ1) is 12.7. The van der Waals surface area contributed by atoms with Crippen molar-refractivity contribution in [3.8, 4) is 0 Å². The van der Waals surface area contributed by atoms with Gasteiger partial charge in [0.25, 0.3) is 0 Å². The van der Waals surface area contributed by atoms with Crippen LogP contribution in [0.5, 0.6) is 0 Å². The molecule has 0 aliphatic carbocycles. The zero-order valence-electron chi connectivity index (χ0n) is 10.8. The molecule has 0 spiro atoms. The van der Waals surface area contributed by atoms with Crippen molar-refractivity contribution in [2.45, 2.75) is 26.2 Å². The number of fused-ring (bicyclic) bond motifs is 3. The predicted molar refractivity (Wildman–Crippen MR) is 83.0 cm³/mol. The van der Waals surface area contributed by atoms with E-state index in [1.165, 1.54) is 5.56 Å². The van der Waals surface area contributed by atoms with E-state index < -0.39 is 0 Å². The van der Waals surface area contributed by atoms with Crippen LogP contribution >= 0.6 is 28.1 Å². The summed E-state index contributed by atoms with van der Waals surface area (Å²) in [7, 11) is 0. The molecule has 2 heterocycles. The standard InChI is InChI=1S/C13H13BrN4S/c1-13(2,3)6-4-7-9(8(14)5-6)15-11-10(7)17-18-12(19)16-11/h4-5H,1-3H3,(H2,15,16,18,19). The van der Waals surface area contributed by atoms with Crippen molar-refractivity contribution in [2.24, 2.45) is 0 Å². The molecule has 0 unspecified atom stereocenters. The van der Waals surface area contributed by atoms with E-state index in [0.717, 1.165) is 20.9 Å². The maximum atomic E-state index is 5.00. The van der Waals surface area contributed by atoms with E-state index in [2.05, 4.69) is 69.0 Å². The van der Waals surface area contributed by atoms with Gasteiger partial charge in [-0.1, -0.05) is 20.8 Å². The summed E-state index contributed by atoms with van der Waals surface area (Å²) in [6.45, 7) is 6.57. The van der Waals surface area contributed by atoms with E-state index in [1.807, 2.05) is 0 Å². The van der Waals surface area contributed by atoms with Gasteiger partial charge >= 0.3 is 0 Å².